The molecule has 1 aliphatic heterocycles. The molecule has 0 aliphatic carbocycles. The Morgan fingerprint density at radius 2 is 1.33 bits per heavy atom. The van der Waals surface area contributed by atoms with Gasteiger partial charge in [-0.15, -0.1) is 0 Å². The number of carbonyl (C=O) groups is 3. The van der Waals surface area contributed by atoms with E-state index in [1.54, 1.807) is 32.2 Å². The summed E-state index contributed by atoms with van der Waals surface area (Å²) in [6.45, 7) is 6.42. The van der Waals surface area contributed by atoms with Gasteiger partial charge in [-0.05, 0) is 36.8 Å². The molecule has 3 rings (SSSR count). The molecule has 1 heterocycles. The van der Waals surface area contributed by atoms with E-state index in [0.29, 0.717) is 83.1 Å². The predicted molar refractivity (Wildman–Crippen MR) is 184 cm³/mol. The molecule has 16 nitrogen and oxygen atoms in total. The number of methoxy groups -OCH3 is 2. The Morgan fingerprint density at radius 3 is 1.86 bits per heavy atom. The van der Waals surface area contributed by atoms with Crippen LogP contribution in [0.4, 0.5) is 10.5 Å². The number of nitrogens with one attached hydrogen (secondary N) is 1. The second kappa shape index (κ2) is 22.2. The number of ether oxygens (including phenoxy) is 9. The summed E-state index contributed by atoms with van der Waals surface area (Å²) in [6.07, 6.45) is 0.149. The quantitative estimate of drug-likeness (QED) is 0.110. The van der Waals surface area contributed by atoms with Crippen LogP contribution in [-0.4, -0.2) is 143 Å². The monoisotopic (exact) mass is 740 g/mol. The lowest BCUT2D eigenvalue weighted by atomic mass is 10.1. The number of imide groups is 1. The van der Waals surface area contributed by atoms with Gasteiger partial charge in [0.25, 0.3) is 11.8 Å². The third-order valence-electron chi connectivity index (χ3n) is 7.21. The first kappa shape index (κ1) is 41.6. The van der Waals surface area contributed by atoms with Gasteiger partial charge in [-0.3, -0.25) is 19.8 Å². The third-order valence-corrected chi connectivity index (χ3v) is 8.13. The Bertz CT molecular complexity index is 1520. The van der Waals surface area contributed by atoms with Crippen molar-refractivity contribution in [1.82, 2.24) is 4.90 Å². The summed E-state index contributed by atoms with van der Waals surface area (Å²) >= 11 is 0. The highest BCUT2D eigenvalue weighted by Gasteiger charge is 2.43. The zero-order chi connectivity index (χ0) is 37.1. The van der Waals surface area contributed by atoms with E-state index in [1.165, 1.54) is 25.3 Å². The van der Waals surface area contributed by atoms with Gasteiger partial charge in [-0.25, -0.2) is 13.2 Å². The first-order valence-corrected chi connectivity index (χ1v) is 18.5. The van der Waals surface area contributed by atoms with Crippen molar-refractivity contribution in [2.45, 2.75) is 13.0 Å². The molecule has 0 radical (unpaired) electrons. The summed E-state index contributed by atoms with van der Waals surface area (Å²) in [6, 6.07) is 7.89. The van der Waals surface area contributed by atoms with Gasteiger partial charge in [0.1, 0.15) is 16.4 Å². The predicted octanol–water partition coefficient (Wildman–Crippen LogP) is 2.75. The summed E-state index contributed by atoms with van der Waals surface area (Å²) in [5.41, 5.74) is 0.321. The van der Waals surface area contributed by atoms with Crippen LogP contribution in [0.3, 0.4) is 0 Å². The first-order valence-electron chi connectivity index (χ1n) is 16.4. The largest absolute Gasteiger partial charge is 0.493 e. The number of rotatable bonds is 26. The SMILES string of the molecule is CCOc1cc(C(CS(C)(=O)=O)N2C(=O)c3cccc(NC(=O)OCCOCCOCCOCCOCCOCCOC)c3C2=O)ccc1OC. The highest BCUT2D eigenvalue weighted by atomic mass is 32.2. The first-order chi connectivity index (χ1) is 24.6. The van der Waals surface area contributed by atoms with E-state index in [4.69, 9.17) is 42.6 Å². The van der Waals surface area contributed by atoms with E-state index in [2.05, 4.69) is 5.32 Å². The van der Waals surface area contributed by atoms with Crippen LogP contribution in [0, 0.1) is 0 Å². The van der Waals surface area contributed by atoms with E-state index in [1.807, 2.05) is 0 Å². The molecule has 51 heavy (non-hydrogen) atoms. The molecule has 284 valence electrons. The molecule has 3 amide bonds. The van der Waals surface area contributed by atoms with Crippen molar-refractivity contribution in [3.8, 4) is 11.5 Å². The zero-order valence-electron chi connectivity index (χ0n) is 29.5. The number of amides is 3. The molecule has 0 bridgehead atoms. The number of nitrogens with zero attached hydrogens (tertiary/aromatic N) is 1. The number of sulfone groups is 1. The highest BCUT2D eigenvalue weighted by molar-refractivity contribution is 7.90. The number of benzene rings is 2. The van der Waals surface area contributed by atoms with Crippen molar-refractivity contribution in [2.24, 2.45) is 0 Å². The smallest absolute Gasteiger partial charge is 0.411 e. The Balaban J connectivity index is 1.44. The maximum absolute atomic E-state index is 13.8. The average molecular weight is 741 g/mol. The molecular weight excluding hydrogens is 692 g/mol. The van der Waals surface area contributed by atoms with Crippen molar-refractivity contribution in [2.75, 3.05) is 117 Å². The molecule has 0 aromatic heterocycles. The van der Waals surface area contributed by atoms with Gasteiger partial charge < -0.3 is 42.6 Å². The number of hydrogen-bond acceptors (Lipinski definition) is 14. The molecule has 1 atom stereocenters. The summed E-state index contributed by atoms with van der Waals surface area (Å²) < 4.78 is 73.0. The minimum atomic E-state index is -3.69. The van der Waals surface area contributed by atoms with Crippen molar-refractivity contribution in [1.29, 1.82) is 0 Å². The van der Waals surface area contributed by atoms with Gasteiger partial charge in [-0.2, -0.15) is 0 Å². The average Bonchev–Trinajstić information content (AvgIpc) is 3.35. The fourth-order valence-electron chi connectivity index (χ4n) is 4.93. The maximum atomic E-state index is 13.8. The molecule has 2 aromatic rings. The van der Waals surface area contributed by atoms with E-state index in [0.717, 1.165) is 11.2 Å². The molecule has 2 aromatic carbocycles. The summed E-state index contributed by atoms with van der Waals surface area (Å²) in [5.74, 6) is -1.28. The molecule has 1 N–H and O–H groups in total. The molecule has 1 aliphatic rings. The second-order valence-corrected chi connectivity index (χ2v) is 13.2. The molecular formula is C34H48N2O14S. The van der Waals surface area contributed by atoms with Crippen molar-refractivity contribution in [3.63, 3.8) is 0 Å². The lowest BCUT2D eigenvalue weighted by Crippen LogP contribution is -2.37. The molecule has 1 unspecified atom stereocenters. The van der Waals surface area contributed by atoms with Crippen molar-refractivity contribution in [3.05, 3.63) is 53.1 Å². The molecule has 17 heteroatoms. The highest BCUT2D eigenvalue weighted by Crippen LogP contribution is 2.38. The van der Waals surface area contributed by atoms with Crippen molar-refractivity contribution < 1.29 is 65.4 Å². The third kappa shape index (κ3) is 13.7. The fraction of sp³-hybridized carbons (Fsp3) is 0.559. The van der Waals surface area contributed by atoms with Crippen LogP contribution < -0.4 is 14.8 Å². The Labute approximate surface area is 298 Å². The molecule has 0 saturated heterocycles. The van der Waals surface area contributed by atoms with Gasteiger partial charge in [0.2, 0.25) is 0 Å². The lowest BCUT2D eigenvalue weighted by Gasteiger charge is -2.27. The molecule has 0 fully saturated rings. The summed E-state index contributed by atoms with van der Waals surface area (Å²) in [4.78, 5) is 40.9. The Hall–Kier alpha value is -3.84. The van der Waals surface area contributed by atoms with Crippen LogP contribution in [-0.2, 0) is 43.0 Å². The van der Waals surface area contributed by atoms with Gasteiger partial charge in [0.15, 0.2) is 11.5 Å². The standard InChI is InChI=1S/C34H48N2O14S/c1-5-49-30-23-25(9-10-29(30)43-3)28(24-51(4,40)41)36-32(37)26-7-6-8-27(31(26)33(36)38)35-34(39)50-22-21-48-20-19-47-18-17-46-16-15-45-14-13-44-12-11-42-2/h6-10,23,28H,5,11-22,24H2,1-4H3,(H,35,39). The zero-order valence-corrected chi connectivity index (χ0v) is 30.3. The molecule has 0 spiro atoms. The van der Waals surface area contributed by atoms with E-state index in [9.17, 15) is 22.8 Å². The molecule has 0 saturated carbocycles. The maximum Gasteiger partial charge on any atom is 0.411 e. The van der Waals surface area contributed by atoms with E-state index in [-0.39, 0.29) is 36.6 Å². The van der Waals surface area contributed by atoms with Crippen LogP contribution in [0.2, 0.25) is 0 Å². The number of hydrogen-bond donors (Lipinski definition) is 1. The normalized spacial score (nSPS) is 13.3. The number of fused-ring (bicyclic) bond motifs is 1. The van der Waals surface area contributed by atoms with E-state index < -0.39 is 39.5 Å². The van der Waals surface area contributed by atoms with Gasteiger partial charge >= 0.3 is 6.09 Å². The Kier molecular flexibility index (Phi) is 18.1. The van der Waals surface area contributed by atoms with Gasteiger partial charge in [-0.1, -0.05) is 12.1 Å². The van der Waals surface area contributed by atoms with Crippen molar-refractivity contribution >= 4 is 33.4 Å². The van der Waals surface area contributed by atoms with Crippen LogP contribution in [0.25, 0.3) is 0 Å². The van der Waals surface area contributed by atoms with Crippen LogP contribution in [0.5, 0.6) is 11.5 Å². The van der Waals surface area contributed by atoms with Gasteiger partial charge in [0, 0.05) is 13.4 Å². The van der Waals surface area contributed by atoms with Crippen LogP contribution in [0.1, 0.15) is 39.2 Å². The minimum Gasteiger partial charge on any atom is -0.493 e. The van der Waals surface area contributed by atoms with E-state index >= 15 is 0 Å². The van der Waals surface area contributed by atoms with Gasteiger partial charge in [0.05, 0.1) is 115 Å². The minimum absolute atomic E-state index is 0.0106. The lowest BCUT2D eigenvalue weighted by molar-refractivity contribution is -0.0166. The van der Waals surface area contributed by atoms with Crippen LogP contribution in [0.15, 0.2) is 36.4 Å². The summed E-state index contributed by atoms with van der Waals surface area (Å²) in [7, 11) is -0.611. The topological polar surface area (TPSA) is 184 Å². The second-order valence-electron chi connectivity index (χ2n) is 11.0. The fourth-order valence-corrected chi connectivity index (χ4v) is 5.84. The summed E-state index contributed by atoms with van der Waals surface area (Å²) in [5, 5.41) is 2.51. The Morgan fingerprint density at radius 1 is 0.765 bits per heavy atom. The number of anilines is 1. The van der Waals surface area contributed by atoms with Crippen LogP contribution >= 0.6 is 0 Å². The number of carbonyl (C=O) groups excluding carboxylic acids is 3.